The molecule has 0 heteroatoms. The second-order valence-electron chi connectivity index (χ2n) is 4.90. The zero-order valence-corrected chi connectivity index (χ0v) is 10.8. The predicted octanol–water partition coefficient (Wildman–Crippen LogP) is 4.99. The van der Waals surface area contributed by atoms with Crippen molar-refractivity contribution in [2.24, 2.45) is 17.8 Å². The maximum absolute atomic E-state index is 4.12. The molecule has 86 valence electrons. The van der Waals surface area contributed by atoms with Crippen LogP contribution in [0.1, 0.15) is 40.5 Å². The van der Waals surface area contributed by atoms with Crippen LogP contribution in [0.25, 0.3) is 0 Å². The summed E-state index contributed by atoms with van der Waals surface area (Å²) in [5.74, 6) is 1.83. The second-order valence-corrected chi connectivity index (χ2v) is 4.90. The first-order valence-corrected chi connectivity index (χ1v) is 5.97. The van der Waals surface area contributed by atoms with Crippen LogP contribution in [0.5, 0.6) is 0 Å². The lowest BCUT2D eigenvalue weighted by molar-refractivity contribution is 0.494. The number of hydrogen-bond donors (Lipinski definition) is 0. The Morgan fingerprint density at radius 1 is 1.13 bits per heavy atom. The number of rotatable bonds is 7. The van der Waals surface area contributed by atoms with Crippen molar-refractivity contribution in [3.05, 3.63) is 37.0 Å². The molecular formula is C15H26. The Balaban J connectivity index is 3.98. The Bertz CT molecular complexity index is 220. The smallest absolute Gasteiger partial charge is 0.00813 e. The fourth-order valence-corrected chi connectivity index (χ4v) is 1.29. The number of hydrogen-bond acceptors (Lipinski definition) is 0. The van der Waals surface area contributed by atoms with Crippen molar-refractivity contribution in [1.82, 2.24) is 0 Å². The van der Waals surface area contributed by atoms with Crippen LogP contribution in [0.4, 0.5) is 0 Å². The van der Waals surface area contributed by atoms with Crippen LogP contribution >= 0.6 is 0 Å². The van der Waals surface area contributed by atoms with Crippen molar-refractivity contribution in [1.29, 1.82) is 0 Å². The van der Waals surface area contributed by atoms with Gasteiger partial charge in [0.2, 0.25) is 0 Å². The number of allylic oxidation sites excluding steroid dienone is 4. The minimum Gasteiger partial charge on any atom is -0.102 e. The normalized spacial score (nSPS) is 15.5. The Morgan fingerprint density at radius 2 is 1.73 bits per heavy atom. The highest BCUT2D eigenvalue weighted by Gasteiger charge is 2.05. The largest absolute Gasteiger partial charge is 0.102 e. The van der Waals surface area contributed by atoms with Gasteiger partial charge in [0.05, 0.1) is 0 Å². The van der Waals surface area contributed by atoms with Crippen molar-refractivity contribution in [2.45, 2.75) is 40.5 Å². The summed E-state index contributed by atoms with van der Waals surface area (Å²) < 4.78 is 0. The molecule has 0 fully saturated rings. The van der Waals surface area contributed by atoms with Gasteiger partial charge < -0.3 is 0 Å². The van der Waals surface area contributed by atoms with Gasteiger partial charge in [0, 0.05) is 0 Å². The Hall–Kier alpha value is -0.780. The summed E-state index contributed by atoms with van der Waals surface area (Å²) >= 11 is 0. The SMILES string of the molecule is C=CC(C)/C=C\C(=C)C(C)CCC(C)C. The van der Waals surface area contributed by atoms with E-state index in [1.807, 2.05) is 6.08 Å². The lowest BCUT2D eigenvalue weighted by Gasteiger charge is -2.13. The lowest BCUT2D eigenvalue weighted by Crippen LogP contribution is -1.99. The highest BCUT2D eigenvalue weighted by molar-refractivity contribution is 5.18. The van der Waals surface area contributed by atoms with Gasteiger partial charge in [0.25, 0.3) is 0 Å². The van der Waals surface area contributed by atoms with Crippen LogP contribution < -0.4 is 0 Å². The predicted molar refractivity (Wildman–Crippen MR) is 70.9 cm³/mol. The summed E-state index contributed by atoms with van der Waals surface area (Å²) in [5, 5.41) is 0. The van der Waals surface area contributed by atoms with Gasteiger partial charge in [-0.2, -0.15) is 0 Å². The summed E-state index contributed by atoms with van der Waals surface area (Å²) in [5.41, 5.74) is 1.24. The highest BCUT2D eigenvalue weighted by atomic mass is 14.1. The zero-order valence-electron chi connectivity index (χ0n) is 10.8. The summed E-state index contributed by atoms with van der Waals surface area (Å²) in [6.45, 7) is 16.8. The van der Waals surface area contributed by atoms with Crippen molar-refractivity contribution < 1.29 is 0 Å². The molecule has 0 saturated carbocycles. The molecular weight excluding hydrogens is 180 g/mol. The van der Waals surface area contributed by atoms with Crippen LogP contribution in [0.3, 0.4) is 0 Å². The van der Waals surface area contributed by atoms with Crippen LogP contribution in [0.2, 0.25) is 0 Å². The average Bonchev–Trinajstić information content (AvgIpc) is 2.21. The molecule has 0 aromatic carbocycles. The average molecular weight is 206 g/mol. The molecule has 0 aromatic rings. The van der Waals surface area contributed by atoms with E-state index < -0.39 is 0 Å². The van der Waals surface area contributed by atoms with E-state index in [2.05, 4.69) is 53.0 Å². The molecule has 0 aliphatic carbocycles. The van der Waals surface area contributed by atoms with Crippen molar-refractivity contribution >= 4 is 0 Å². The third-order valence-electron chi connectivity index (χ3n) is 2.80. The van der Waals surface area contributed by atoms with E-state index in [4.69, 9.17) is 0 Å². The van der Waals surface area contributed by atoms with E-state index in [0.29, 0.717) is 11.8 Å². The Kier molecular flexibility index (Phi) is 7.11. The molecule has 0 amide bonds. The van der Waals surface area contributed by atoms with Gasteiger partial charge in [-0.3, -0.25) is 0 Å². The van der Waals surface area contributed by atoms with Gasteiger partial charge in [-0.1, -0.05) is 64.5 Å². The third kappa shape index (κ3) is 7.18. The van der Waals surface area contributed by atoms with Crippen LogP contribution in [0, 0.1) is 17.8 Å². The maximum atomic E-state index is 4.12. The van der Waals surface area contributed by atoms with Gasteiger partial charge >= 0.3 is 0 Å². The molecule has 2 atom stereocenters. The van der Waals surface area contributed by atoms with E-state index >= 15 is 0 Å². The molecule has 0 heterocycles. The van der Waals surface area contributed by atoms with Crippen molar-refractivity contribution in [3.63, 3.8) is 0 Å². The van der Waals surface area contributed by atoms with E-state index in [1.54, 1.807) is 0 Å². The molecule has 0 N–H and O–H groups in total. The standard InChI is InChI=1S/C15H26/c1-7-13(4)9-11-15(6)14(5)10-8-12(2)3/h7,9,11-14H,1,6,8,10H2,2-5H3/b11-9-. The van der Waals surface area contributed by atoms with E-state index in [-0.39, 0.29) is 0 Å². The third-order valence-corrected chi connectivity index (χ3v) is 2.80. The second kappa shape index (κ2) is 7.50. The minimum absolute atomic E-state index is 0.444. The van der Waals surface area contributed by atoms with E-state index in [0.717, 1.165) is 5.92 Å². The van der Waals surface area contributed by atoms with Crippen LogP contribution in [0.15, 0.2) is 37.0 Å². The van der Waals surface area contributed by atoms with Gasteiger partial charge in [0.15, 0.2) is 0 Å². The molecule has 2 unspecified atom stereocenters. The van der Waals surface area contributed by atoms with E-state index in [9.17, 15) is 0 Å². The lowest BCUT2D eigenvalue weighted by atomic mass is 9.93. The molecule has 0 aromatic heterocycles. The zero-order chi connectivity index (χ0) is 11.8. The topological polar surface area (TPSA) is 0 Å². The first-order valence-electron chi connectivity index (χ1n) is 5.97. The minimum atomic E-state index is 0.444. The van der Waals surface area contributed by atoms with Crippen LogP contribution in [-0.4, -0.2) is 0 Å². The monoisotopic (exact) mass is 206 g/mol. The van der Waals surface area contributed by atoms with Gasteiger partial charge in [-0.25, -0.2) is 0 Å². The Labute approximate surface area is 95.8 Å². The summed E-state index contributed by atoms with van der Waals surface area (Å²) in [7, 11) is 0. The molecule has 0 bridgehead atoms. The molecule has 0 aliphatic heterocycles. The van der Waals surface area contributed by atoms with E-state index in [1.165, 1.54) is 18.4 Å². The first-order chi connectivity index (χ1) is 6.97. The maximum Gasteiger partial charge on any atom is -0.00813 e. The molecule has 0 nitrogen and oxygen atoms in total. The molecule has 0 spiro atoms. The molecule has 0 rings (SSSR count). The highest BCUT2D eigenvalue weighted by Crippen LogP contribution is 2.19. The van der Waals surface area contributed by atoms with Crippen molar-refractivity contribution in [3.8, 4) is 0 Å². The summed E-state index contributed by atoms with van der Waals surface area (Å²) in [6, 6.07) is 0. The van der Waals surface area contributed by atoms with Crippen LogP contribution in [-0.2, 0) is 0 Å². The fraction of sp³-hybridized carbons (Fsp3) is 0.600. The molecule has 15 heavy (non-hydrogen) atoms. The Morgan fingerprint density at radius 3 is 2.20 bits per heavy atom. The summed E-state index contributed by atoms with van der Waals surface area (Å²) in [6.07, 6.45) is 8.79. The van der Waals surface area contributed by atoms with Gasteiger partial charge in [-0.05, 0) is 24.2 Å². The molecule has 0 aliphatic rings. The first kappa shape index (κ1) is 14.2. The molecule has 0 saturated heterocycles. The fourth-order valence-electron chi connectivity index (χ4n) is 1.29. The summed E-state index contributed by atoms with van der Waals surface area (Å²) in [4.78, 5) is 0. The van der Waals surface area contributed by atoms with Crippen molar-refractivity contribution in [2.75, 3.05) is 0 Å². The van der Waals surface area contributed by atoms with Gasteiger partial charge in [0.1, 0.15) is 0 Å². The molecule has 0 radical (unpaired) electrons. The van der Waals surface area contributed by atoms with Gasteiger partial charge in [-0.15, -0.1) is 6.58 Å². The quantitative estimate of drug-likeness (QED) is 0.406.